The first-order chi connectivity index (χ1) is 13.8. The van der Waals surface area contributed by atoms with Crippen LogP contribution < -0.4 is 0 Å². The van der Waals surface area contributed by atoms with Crippen LogP contribution in [0.4, 0.5) is 0 Å². The molecule has 0 N–H and O–H groups in total. The lowest BCUT2D eigenvalue weighted by molar-refractivity contribution is 0.0710. The largest absolute Gasteiger partial charge is 0.329 e. The fourth-order valence-corrected chi connectivity index (χ4v) is 6.27. The molecule has 2 aliphatic heterocycles. The highest BCUT2D eigenvalue weighted by molar-refractivity contribution is 7.89. The standard InChI is InChI=1S/C19H27N5O3S2/c1-13(2)29(26,27)23-7-4-15(5-8-23)18-21-20-16-12-22(9-10-24(16)18)19(25)17-14(3)6-11-28-17/h6,11,13,15H,4-5,7-10,12H2,1-3H3. The van der Waals surface area contributed by atoms with Crippen LogP contribution in [0.5, 0.6) is 0 Å². The zero-order valence-electron chi connectivity index (χ0n) is 17.0. The molecule has 29 heavy (non-hydrogen) atoms. The molecule has 2 aromatic rings. The van der Waals surface area contributed by atoms with Crippen LogP contribution in [-0.4, -0.2) is 63.2 Å². The van der Waals surface area contributed by atoms with Gasteiger partial charge in [0, 0.05) is 32.1 Å². The van der Waals surface area contributed by atoms with Crippen molar-refractivity contribution in [2.24, 2.45) is 0 Å². The Kier molecular flexibility index (Phi) is 5.52. The third-order valence-electron chi connectivity index (χ3n) is 5.90. The Balaban J connectivity index is 1.44. The molecule has 1 saturated heterocycles. The maximum Gasteiger partial charge on any atom is 0.264 e. The molecule has 0 bridgehead atoms. The van der Waals surface area contributed by atoms with Crippen molar-refractivity contribution in [3.8, 4) is 0 Å². The number of nitrogens with zero attached hydrogens (tertiary/aromatic N) is 5. The molecule has 0 atom stereocenters. The number of hydrogen-bond acceptors (Lipinski definition) is 6. The summed E-state index contributed by atoms with van der Waals surface area (Å²) in [4.78, 5) is 15.4. The third-order valence-corrected chi connectivity index (χ3v) is 9.18. The number of fused-ring (bicyclic) bond motifs is 1. The maximum absolute atomic E-state index is 12.8. The van der Waals surface area contributed by atoms with Gasteiger partial charge < -0.3 is 9.47 Å². The molecule has 1 fully saturated rings. The number of rotatable bonds is 4. The van der Waals surface area contributed by atoms with Crippen LogP contribution in [-0.2, 0) is 23.1 Å². The van der Waals surface area contributed by atoms with Gasteiger partial charge in [0.25, 0.3) is 5.91 Å². The molecule has 4 heterocycles. The molecule has 0 spiro atoms. The van der Waals surface area contributed by atoms with Crippen LogP contribution in [0.2, 0.25) is 0 Å². The molecule has 8 nitrogen and oxygen atoms in total. The molecule has 4 rings (SSSR count). The first-order valence-corrected chi connectivity index (χ1v) is 12.4. The third kappa shape index (κ3) is 3.73. The van der Waals surface area contributed by atoms with Gasteiger partial charge in [-0.1, -0.05) is 0 Å². The van der Waals surface area contributed by atoms with Crippen LogP contribution in [0.1, 0.15) is 59.5 Å². The van der Waals surface area contributed by atoms with Gasteiger partial charge in [0.1, 0.15) is 5.82 Å². The summed E-state index contributed by atoms with van der Waals surface area (Å²) in [5, 5.41) is 10.3. The second-order valence-corrected chi connectivity index (χ2v) is 11.5. The molecule has 2 aromatic heterocycles. The van der Waals surface area contributed by atoms with E-state index in [2.05, 4.69) is 14.8 Å². The van der Waals surface area contributed by atoms with Crippen LogP contribution in [0.15, 0.2) is 11.4 Å². The highest BCUT2D eigenvalue weighted by Crippen LogP contribution is 2.30. The molecule has 0 saturated carbocycles. The Hall–Kier alpha value is -1.78. The molecule has 0 aliphatic carbocycles. The first kappa shape index (κ1) is 20.5. The quantitative estimate of drug-likeness (QED) is 0.732. The SMILES string of the molecule is Cc1ccsc1C(=O)N1CCn2c(nnc2C2CCN(S(=O)(=O)C(C)C)CC2)C1. The summed E-state index contributed by atoms with van der Waals surface area (Å²) in [5.41, 5.74) is 1.01. The fraction of sp³-hybridized carbons (Fsp3) is 0.632. The van der Waals surface area contributed by atoms with Crippen molar-refractivity contribution in [3.63, 3.8) is 0 Å². The number of carbonyl (C=O) groups excluding carboxylic acids is 1. The molecule has 0 radical (unpaired) electrons. The number of hydrogen-bond donors (Lipinski definition) is 0. The van der Waals surface area contributed by atoms with E-state index >= 15 is 0 Å². The zero-order valence-corrected chi connectivity index (χ0v) is 18.7. The van der Waals surface area contributed by atoms with E-state index in [1.54, 1.807) is 18.2 Å². The van der Waals surface area contributed by atoms with Crippen molar-refractivity contribution in [1.29, 1.82) is 0 Å². The maximum atomic E-state index is 12.8. The van der Waals surface area contributed by atoms with E-state index in [0.29, 0.717) is 32.7 Å². The Morgan fingerprint density at radius 3 is 2.52 bits per heavy atom. The van der Waals surface area contributed by atoms with Crippen molar-refractivity contribution in [2.45, 2.75) is 57.9 Å². The summed E-state index contributed by atoms with van der Waals surface area (Å²) in [5.74, 6) is 2.00. The van der Waals surface area contributed by atoms with Crippen LogP contribution in [0, 0.1) is 6.92 Å². The van der Waals surface area contributed by atoms with Crippen molar-refractivity contribution < 1.29 is 13.2 Å². The summed E-state index contributed by atoms with van der Waals surface area (Å²) in [7, 11) is -3.20. The Morgan fingerprint density at radius 1 is 1.17 bits per heavy atom. The smallest absolute Gasteiger partial charge is 0.264 e. The second-order valence-electron chi connectivity index (χ2n) is 8.05. The Labute approximate surface area is 175 Å². The van der Waals surface area contributed by atoms with E-state index in [1.165, 1.54) is 11.3 Å². The first-order valence-electron chi connectivity index (χ1n) is 10.0. The molecule has 0 aromatic carbocycles. The van der Waals surface area contributed by atoms with Crippen LogP contribution >= 0.6 is 11.3 Å². The van der Waals surface area contributed by atoms with Gasteiger partial charge in [-0.05, 0) is 50.6 Å². The monoisotopic (exact) mass is 437 g/mol. The minimum absolute atomic E-state index is 0.0560. The summed E-state index contributed by atoms with van der Waals surface area (Å²) in [6.07, 6.45) is 1.50. The topological polar surface area (TPSA) is 88.4 Å². The van der Waals surface area contributed by atoms with Crippen LogP contribution in [0.25, 0.3) is 0 Å². The van der Waals surface area contributed by atoms with Gasteiger partial charge in [0.15, 0.2) is 5.82 Å². The summed E-state index contributed by atoms with van der Waals surface area (Å²) < 4.78 is 28.5. The molecular formula is C19H27N5O3S2. The van der Waals surface area contributed by atoms with Crippen molar-refractivity contribution in [3.05, 3.63) is 33.5 Å². The minimum Gasteiger partial charge on any atom is -0.329 e. The van der Waals surface area contributed by atoms with Gasteiger partial charge in [0.2, 0.25) is 10.0 Å². The number of amides is 1. The van der Waals surface area contributed by atoms with Gasteiger partial charge in [-0.25, -0.2) is 12.7 Å². The van der Waals surface area contributed by atoms with Gasteiger partial charge >= 0.3 is 0 Å². The van der Waals surface area contributed by atoms with E-state index in [-0.39, 0.29) is 11.8 Å². The predicted molar refractivity (Wildman–Crippen MR) is 111 cm³/mol. The second kappa shape index (κ2) is 7.81. The lowest BCUT2D eigenvalue weighted by Gasteiger charge is -2.33. The molecule has 0 unspecified atom stereocenters. The minimum atomic E-state index is -3.20. The lowest BCUT2D eigenvalue weighted by atomic mass is 9.97. The van der Waals surface area contributed by atoms with Gasteiger partial charge in [-0.15, -0.1) is 21.5 Å². The summed E-state index contributed by atoms with van der Waals surface area (Å²) in [6.45, 7) is 8.23. The molecule has 10 heteroatoms. The average molecular weight is 438 g/mol. The lowest BCUT2D eigenvalue weighted by Crippen LogP contribution is -2.42. The van der Waals surface area contributed by atoms with Gasteiger partial charge in [-0.3, -0.25) is 4.79 Å². The highest BCUT2D eigenvalue weighted by Gasteiger charge is 2.34. The van der Waals surface area contributed by atoms with E-state index in [1.807, 2.05) is 23.3 Å². The Bertz CT molecular complexity index is 1000. The normalized spacial score (nSPS) is 19.0. The summed E-state index contributed by atoms with van der Waals surface area (Å²) in [6, 6.07) is 1.97. The number of sulfonamides is 1. The van der Waals surface area contributed by atoms with Gasteiger partial charge in [0.05, 0.1) is 16.7 Å². The van der Waals surface area contributed by atoms with E-state index in [9.17, 15) is 13.2 Å². The van der Waals surface area contributed by atoms with E-state index < -0.39 is 15.3 Å². The van der Waals surface area contributed by atoms with Gasteiger partial charge in [-0.2, -0.15) is 0 Å². The molecule has 158 valence electrons. The number of aromatic nitrogens is 3. The average Bonchev–Trinajstić information content (AvgIpc) is 3.33. The van der Waals surface area contributed by atoms with E-state index in [4.69, 9.17) is 0 Å². The van der Waals surface area contributed by atoms with Crippen molar-refractivity contribution in [2.75, 3.05) is 19.6 Å². The molecular weight excluding hydrogens is 410 g/mol. The number of piperidine rings is 1. The van der Waals surface area contributed by atoms with Crippen molar-refractivity contribution in [1.82, 2.24) is 24.0 Å². The van der Waals surface area contributed by atoms with E-state index in [0.717, 1.165) is 34.9 Å². The number of aryl methyl sites for hydroxylation is 1. The Morgan fingerprint density at radius 2 is 1.90 bits per heavy atom. The zero-order chi connectivity index (χ0) is 20.8. The molecule has 2 aliphatic rings. The number of thiophene rings is 1. The molecule has 1 amide bonds. The summed E-state index contributed by atoms with van der Waals surface area (Å²) >= 11 is 1.48. The highest BCUT2D eigenvalue weighted by atomic mass is 32.2. The van der Waals surface area contributed by atoms with Crippen molar-refractivity contribution >= 4 is 27.3 Å². The predicted octanol–water partition coefficient (Wildman–Crippen LogP) is 2.22. The fourth-order valence-electron chi connectivity index (χ4n) is 4.06. The number of carbonyl (C=O) groups is 1. The van der Waals surface area contributed by atoms with Crippen LogP contribution in [0.3, 0.4) is 0 Å².